The summed E-state index contributed by atoms with van der Waals surface area (Å²) in [5.74, 6) is 1.78. The Morgan fingerprint density at radius 1 is 1.24 bits per heavy atom. The van der Waals surface area contributed by atoms with E-state index in [0.29, 0.717) is 23.9 Å². The van der Waals surface area contributed by atoms with Crippen LogP contribution in [0, 0.1) is 17.8 Å². The van der Waals surface area contributed by atoms with Gasteiger partial charge in [0.05, 0.1) is 18.8 Å². The molecule has 1 aliphatic heterocycles. The predicted octanol–water partition coefficient (Wildman–Crippen LogP) is 1.75. The van der Waals surface area contributed by atoms with Crippen molar-refractivity contribution in [3.05, 3.63) is 0 Å². The van der Waals surface area contributed by atoms with Crippen molar-refractivity contribution < 1.29 is 9.84 Å². The van der Waals surface area contributed by atoms with Crippen LogP contribution >= 0.6 is 0 Å². The Bertz CT molecular complexity index is 234. The van der Waals surface area contributed by atoms with Crippen LogP contribution < -0.4 is 0 Å². The van der Waals surface area contributed by atoms with Gasteiger partial charge in [-0.3, -0.25) is 4.90 Å². The van der Waals surface area contributed by atoms with Crippen molar-refractivity contribution in [3.63, 3.8) is 0 Å². The van der Waals surface area contributed by atoms with Crippen LogP contribution in [0.4, 0.5) is 0 Å². The Hall–Kier alpha value is -0.120. The number of nitrogens with zero attached hydrogens (tertiary/aromatic N) is 1. The van der Waals surface area contributed by atoms with Crippen molar-refractivity contribution in [2.75, 3.05) is 26.2 Å². The van der Waals surface area contributed by atoms with E-state index in [1.807, 2.05) is 0 Å². The lowest BCUT2D eigenvalue weighted by Gasteiger charge is -2.41. The Morgan fingerprint density at radius 3 is 2.65 bits per heavy atom. The first kappa shape index (κ1) is 13.3. The minimum absolute atomic E-state index is 0.105. The monoisotopic (exact) mass is 241 g/mol. The molecule has 1 N–H and O–H groups in total. The predicted molar refractivity (Wildman–Crippen MR) is 68.9 cm³/mol. The van der Waals surface area contributed by atoms with Gasteiger partial charge in [-0.05, 0) is 31.6 Å². The molecule has 0 aromatic heterocycles. The molecule has 5 atom stereocenters. The molecule has 1 saturated heterocycles. The van der Waals surface area contributed by atoms with Gasteiger partial charge in [-0.2, -0.15) is 0 Å². The fourth-order valence-corrected chi connectivity index (χ4v) is 3.53. The number of ether oxygens (including phenoxy) is 1. The van der Waals surface area contributed by atoms with Crippen LogP contribution in [0.5, 0.6) is 0 Å². The first-order valence-corrected chi connectivity index (χ1v) is 7.08. The second-order valence-corrected chi connectivity index (χ2v) is 6.23. The summed E-state index contributed by atoms with van der Waals surface area (Å²) >= 11 is 0. The number of aliphatic hydroxyl groups excluding tert-OH is 1. The summed E-state index contributed by atoms with van der Waals surface area (Å²) < 4.78 is 5.56. The molecule has 2 fully saturated rings. The molecule has 100 valence electrons. The van der Waals surface area contributed by atoms with E-state index >= 15 is 0 Å². The highest BCUT2D eigenvalue weighted by atomic mass is 16.5. The normalized spacial score (nSPS) is 44.8. The Kier molecular flexibility index (Phi) is 4.45. The van der Waals surface area contributed by atoms with Crippen LogP contribution in [-0.4, -0.2) is 48.5 Å². The molecule has 0 spiro atoms. The largest absolute Gasteiger partial charge is 0.393 e. The molecule has 2 aliphatic rings. The van der Waals surface area contributed by atoms with Crippen LogP contribution in [-0.2, 0) is 4.74 Å². The van der Waals surface area contributed by atoms with E-state index in [2.05, 4.69) is 25.7 Å². The third-order valence-corrected chi connectivity index (χ3v) is 4.44. The van der Waals surface area contributed by atoms with E-state index in [1.165, 1.54) is 6.42 Å². The van der Waals surface area contributed by atoms with Crippen molar-refractivity contribution in [2.45, 2.75) is 45.8 Å². The molecule has 0 amide bonds. The zero-order valence-electron chi connectivity index (χ0n) is 11.4. The lowest BCUT2D eigenvalue weighted by molar-refractivity contribution is -0.0504. The topological polar surface area (TPSA) is 32.7 Å². The second-order valence-electron chi connectivity index (χ2n) is 6.23. The molecular weight excluding hydrogens is 214 g/mol. The van der Waals surface area contributed by atoms with Crippen molar-refractivity contribution in [2.24, 2.45) is 17.8 Å². The third kappa shape index (κ3) is 3.43. The molecule has 3 heteroatoms. The molecule has 5 unspecified atom stereocenters. The fourth-order valence-electron chi connectivity index (χ4n) is 3.53. The van der Waals surface area contributed by atoms with Crippen LogP contribution in [0.1, 0.15) is 33.6 Å². The third-order valence-electron chi connectivity index (χ3n) is 4.44. The van der Waals surface area contributed by atoms with Gasteiger partial charge in [0.1, 0.15) is 0 Å². The van der Waals surface area contributed by atoms with Gasteiger partial charge in [-0.15, -0.1) is 0 Å². The van der Waals surface area contributed by atoms with Crippen LogP contribution in [0.2, 0.25) is 0 Å². The first-order valence-electron chi connectivity index (χ1n) is 7.08. The zero-order valence-corrected chi connectivity index (χ0v) is 11.4. The van der Waals surface area contributed by atoms with Gasteiger partial charge in [0, 0.05) is 25.6 Å². The summed E-state index contributed by atoms with van der Waals surface area (Å²) in [4.78, 5) is 2.47. The minimum atomic E-state index is -0.105. The fraction of sp³-hybridized carbons (Fsp3) is 1.00. The zero-order chi connectivity index (χ0) is 12.4. The standard InChI is InChI=1S/C14H27NO2/c1-10-6-11(2)13(14(16)7-10)9-15-4-5-17-12(3)8-15/h10-14,16H,4-9H2,1-3H3. The van der Waals surface area contributed by atoms with Crippen LogP contribution in [0.25, 0.3) is 0 Å². The molecule has 0 bridgehead atoms. The Labute approximate surface area is 105 Å². The number of morpholine rings is 1. The molecule has 0 aromatic rings. The van der Waals surface area contributed by atoms with Crippen LogP contribution in [0.3, 0.4) is 0 Å². The van der Waals surface area contributed by atoms with Crippen LogP contribution in [0.15, 0.2) is 0 Å². The van der Waals surface area contributed by atoms with E-state index < -0.39 is 0 Å². The highest BCUT2D eigenvalue weighted by Crippen LogP contribution is 2.34. The summed E-state index contributed by atoms with van der Waals surface area (Å²) in [6.07, 6.45) is 2.49. The summed E-state index contributed by atoms with van der Waals surface area (Å²) in [5, 5.41) is 10.2. The minimum Gasteiger partial charge on any atom is -0.393 e. The Morgan fingerprint density at radius 2 is 2.00 bits per heavy atom. The number of hydrogen-bond acceptors (Lipinski definition) is 3. The van der Waals surface area contributed by atoms with Crippen molar-refractivity contribution in [1.82, 2.24) is 4.90 Å². The number of rotatable bonds is 2. The van der Waals surface area contributed by atoms with Gasteiger partial charge in [-0.25, -0.2) is 0 Å². The molecule has 17 heavy (non-hydrogen) atoms. The summed E-state index contributed by atoms with van der Waals surface area (Å²) in [6, 6.07) is 0. The van der Waals surface area contributed by atoms with E-state index in [-0.39, 0.29) is 6.10 Å². The molecule has 0 radical (unpaired) electrons. The van der Waals surface area contributed by atoms with E-state index in [9.17, 15) is 5.11 Å². The summed E-state index contributed by atoms with van der Waals surface area (Å²) in [6.45, 7) is 10.6. The average Bonchev–Trinajstić information content (AvgIpc) is 2.23. The van der Waals surface area contributed by atoms with Gasteiger partial charge >= 0.3 is 0 Å². The van der Waals surface area contributed by atoms with Gasteiger partial charge in [0.2, 0.25) is 0 Å². The Balaban J connectivity index is 1.88. The maximum atomic E-state index is 10.2. The first-order chi connectivity index (χ1) is 8.06. The van der Waals surface area contributed by atoms with E-state index in [0.717, 1.165) is 32.7 Å². The lowest BCUT2D eigenvalue weighted by Crippen LogP contribution is -2.48. The van der Waals surface area contributed by atoms with E-state index in [4.69, 9.17) is 4.74 Å². The number of hydrogen-bond donors (Lipinski definition) is 1. The summed E-state index contributed by atoms with van der Waals surface area (Å²) in [7, 11) is 0. The van der Waals surface area contributed by atoms with Crippen molar-refractivity contribution in [1.29, 1.82) is 0 Å². The highest BCUT2D eigenvalue weighted by Gasteiger charge is 2.34. The average molecular weight is 241 g/mol. The number of aliphatic hydroxyl groups is 1. The van der Waals surface area contributed by atoms with E-state index in [1.54, 1.807) is 0 Å². The lowest BCUT2D eigenvalue weighted by atomic mass is 9.73. The van der Waals surface area contributed by atoms with Crippen molar-refractivity contribution >= 4 is 0 Å². The molecule has 1 saturated carbocycles. The van der Waals surface area contributed by atoms with Gasteiger partial charge < -0.3 is 9.84 Å². The smallest absolute Gasteiger partial charge is 0.0674 e. The molecule has 2 rings (SSSR count). The molecular formula is C14H27NO2. The van der Waals surface area contributed by atoms with Crippen molar-refractivity contribution in [3.8, 4) is 0 Å². The van der Waals surface area contributed by atoms with Gasteiger partial charge in [-0.1, -0.05) is 13.8 Å². The maximum Gasteiger partial charge on any atom is 0.0674 e. The second kappa shape index (κ2) is 5.68. The quantitative estimate of drug-likeness (QED) is 0.799. The molecule has 3 nitrogen and oxygen atoms in total. The molecule has 1 aliphatic carbocycles. The maximum absolute atomic E-state index is 10.2. The van der Waals surface area contributed by atoms with Gasteiger partial charge in [0.15, 0.2) is 0 Å². The summed E-state index contributed by atoms with van der Waals surface area (Å²) in [5.41, 5.74) is 0. The molecule has 0 aromatic carbocycles. The highest BCUT2D eigenvalue weighted by molar-refractivity contribution is 4.85. The SMILES string of the molecule is CC1CC(C)C(CN2CCOC(C)C2)C(O)C1. The molecule has 1 heterocycles. The van der Waals surface area contributed by atoms with Gasteiger partial charge in [0.25, 0.3) is 0 Å².